The summed E-state index contributed by atoms with van der Waals surface area (Å²) in [5.41, 5.74) is 0.846. The predicted molar refractivity (Wildman–Crippen MR) is 89.1 cm³/mol. The maximum atomic E-state index is 12.5. The molecule has 2 heterocycles. The monoisotopic (exact) mass is 313 g/mol. The molecule has 1 aliphatic heterocycles. The van der Waals surface area contributed by atoms with E-state index >= 15 is 0 Å². The Morgan fingerprint density at radius 1 is 1.26 bits per heavy atom. The molecule has 0 spiro atoms. The number of amides is 1. The third-order valence-corrected chi connectivity index (χ3v) is 3.77. The van der Waals surface area contributed by atoms with Crippen LogP contribution in [-0.4, -0.2) is 49.7 Å². The molecule has 1 aromatic heterocycles. The zero-order chi connectivity index (χ0) is 16.2. The van der Waals surface area contributed by atoms with Crippen LogP contribution in [0.3, 0.4) is 0 Å². The summed E-state index contributed by atoms with van der Waals surface area (Å²) < 4.78 is 5.22. The van der Waals surface area contributed by atoms with Crippen molar-refractivity contribution in [2.45, 2.75) is 0 Å². The molecule has 3 rings (SSSR count). The van der Waals surface area contributed by atoms with Crippen LogP contribution in [-0.2, 0) is 4.79 Å². The van der Waals surface area contributed by atoms with Crippen LogP contribution in [0.2, 0.25) is 0 Å². The Kier molecular flexibility index (Phi) is 4.27. The number of hydrogen-bond acceptors (Lipinski definition) is 6. The fourth-order valence-electron chi connectivity index (χ4n) is 2.54. The SMILES string of the molecule is CNc1ccnc(N2CCN(c3cccc(OC)c3)C(=O)C2)n1. The summed E-state index contributed by atoms with van der Waals surface area (Å²) in [6, 6.07) is 9.31. The largest absolute Gasteiger partial charge is 0.497 e. The number of ether oxygens (including phenoxy) is 1. The minimum Gasteiger partial charge on any atom is -0.497 e. The number of nitrogens with zero attached hydrogens (tertiary/aromatic N) is 4. The van der Waals surface area contributed by atoms with Crippen molar-refractivity contribution in [3.63, 3.8) is 0 Å². The summed E-state index contributed by atoms with van der Waals surface area (Å²) in [6.07, 6.45) is 1.69. The molecule has 1 saturated heterocycles. The number of carbonyl (C=O) groups is 1. The molecule has 120 valence electrons. The molecule has 1 aliphatic rings. The lowest BCUT2D eigenvalue weighted by molar-refractivity contribution is -0.117. The normalized spacial score (nSPS) is 14.8. The number of hydrogen-bond donors (Lipinski definition) is 1. The first-order chi connectivity index (χ1) is 11.2. The highest BCUT2D eigenvalue weighted by molar-refractivity contribution is 5.97. The maximum Gasteiger partial charge on any atom is 0.246 e. The van der Waals surface area contributed by atoms with E-state index in [9.17, 15) is 4.79 Å². The molecular formula is C16H19N5O2. The van der Waals surface area contributed by atoms with Gasteiger partial charge in [-0.05, 0) is 18.2 Å². The third-order valence-electron chi connectivity index (χ3n) is 3.77. The van der Waals surface area contributed by atoms with E-state index in [1.54, 1.807) is 31.3 Å². The average Bonchev–Trinajstić information content (AvgIpc) is 2.61. The Balaban J connectivity index is 1.75. The van der Waals surface area contributed by atoms with Gasteiger partial charge in [0.2, 0.25) is 11.9 Å². The van der Waals surface area contributed by atoms with Gasteiger partial charge in [-0.15, -0.1) is 0 Å². The molecule has 7 nitrogen and oxygen atoms in total. The molecule has 7 heteroatoms. The van der Waals surface area contributed by atoms with Gasteiger partial charge >= 0.3 is 0 Å². The van der Waals surface area contributed by atoms with Gasteiger partial charge in [-0.1, -0.05) is 6.07 Å². The topological polar surface area (TPSA) is 70.6 Å². The second-order valence-corrected chi connectivity index (χ2v) is 5.16. The number of rotatable bonds is 4. The third kappa shape index (κ3) is 3.18. The zero-order valence-electron chi connectivity index (χ0n) is 13.2. The van der Waals surface area contributed by atoms with Crippen molar-refractivity contribution in [3.05, 3.63) is 36.5 Å². The van der Waals surface area contributed by atoms with Crippen molar-refractivity contribution in [3.8, 4) is 5.75 Å². The van der Waals surface area contributed by atoms with Crippen molar-refractivity contribution in [1.82, 2.24) is 9.97 Å². The van der Waals surface area contributed by atoms with Crippen molar-refractivity contribution < 1.29 is 9.53 Å². The van der Waals surface area contributed by atoms with Crippen molar-refractivity contribution in [2.75, 3.05) is 48.9 Å². The lowest BCUT2D eigenvalue weighted by Gasteiger charge is -2.34. The van der Waals surface area contributed by atoms with Crippen molar-refractivity contribution in [2.24, 2.45) is 0 Å². The summed E-state index contributed by atoms with van der Waals surface area (Å²) in [4.78, 5) is 24.8. The first kappa shape index (κ1) is 15.1. The van der Waals surface area contributed by atoms with Crippen molar-refractivity contribution in [1.29, 1.82) is 0 Å². The molecule has 1 amide bonds. The second kappa shape index (κ2) is 6.51. The van der Waals surface area contributed by atoms with Crippen LogP contribution < -0.4 is 19.9 Å². The number of aromatic nitrogens is 2. The molecule has 23 heavy (non-hydrogen) atoms. The van der Waals surface area contributed by atoms with E-state index in [0.29, 0.717) is 19.0 Å². The highest BCUT2D eigenvalue weighted by Gasteiger charge is 2.26. The van der Waals surface area contributed by atoms with Gasteiger partial charge in [0.1, 0.15) is 18.1 Å². The summed E-state index contributed by atoms with van der Waals surface area (Å²) in [5.74, 6) is 2.05. The standard InChI is InChI=1S/C16H19N5O2/c1-17-14-6-7-18-16(19-14)20-8-9-21(15(22)11-20)12-4-3-5-13(10-12)23-2/h3-7,10H,8-9,11H2,1-2H3,(H,17,18,19). The van der Waals surface area contributed by atoms with Gasteiger partial charge < -0.3 is 19.9 Å². The van der Waals surface area contributed by atoms with Crippen LogP contribution >= 0.6 is 0 Å². The van der Waals surface area contributed by atoms with E-state index < -0.39 is 0 Å². The summed E-state index contributed by atoms with van der Waals surface area (Å²) in [5, 5.41) is 2.98. The van der Waals surface area contributed by atoms with Crippen LogP contribution in [0.4, 0.5) is 17.5 Å². The Hall–Kier alpha value is -2.83. The Labute approximate surface area is 134 Å². The van der Waals surface area contributed by atoms with E-state index in [-0.39, 0.29) is 12.5 Å². The number of methoxy groups -OCH3 is 1. The molecule has 0 saturated carbocycles. The van der Waals surface area contributed by atoms with Gasteiger partial charge in [0.15, 0.2) is 0 Å². The number of nitrogens with one attached hydrogen (secondary N) is 1. The lowest BCUT2D eigenvalue weighted by Crippen LogP contribution is -2.51. The van der Waals surface area contributed by atoms with Crippen LogP contribution in [0.1, 0.15) is 0 Å². The Bertz CT molecular complexity index is 706. The van der Waals surface area contributed by atoms with Crippen LogP contribution in [0.15, 0.2) is 36.5 Å². The van der Waals surface area contributed by atoms with Gasteiger partial charge in [0, 0.05) is 38.1 Å². The van der Waals surface area contributed by atoms with Crippen LogP contribution in [0.25, 0.3) is 0 Å². The van der Waals surface area contributed by atoms with Gasteiger partial charge in [-0.3, -0.25) is 4.79 Å². The molecule has 0 aliphatic carbocycles. The molecule has 2 aromatic rings. The summed E-state index contributed by atoms with van der Waals surface area (Å²) >= 11 is 0. The van der Waals surface area contributed by atoms with Gasteiger partial charge in [0.05, 0.1) is 7.11 Å². The van der Waals surface area contributed by atoms with Gasteiger partial charge in [-0.25, -0.2) is 4.98 Å². The summed E-state index contributed by atoms with van der Waals surface area (Å²) in [7, 11) is 3.42. The van der Waals surface area contributed by atoms with E-state index in [1.165, 1.54) is 0 Å². The zero-order valence-corrected chi connectivity index (χ0v) is 13.2. The molecule has 0 unspecified atom stereocenters. The molecule has 1 aromatic carbocycles. The predicted octanol–water partition coefficient (Wildman–Crippen LogP) is 1.38. The van der Waals surface area contributed by atoms with Gasteiger partial charge in [0.25, 0.3) is 0 Å². The smallest absolute Gasteiger partial charge is 0.246 e. The second-order valence-electron chi connectivity index (χ2n) is 5.16. The molecule has 0 radical (unpaired) electrons. The Morgan fingerprint density at radius 3 is 2.87 bits per heavy atom. The molecular weight excluding hydrogens is 294 g/mol. The molecule has 0 bridgehead atoms. The number of piperazine rings is 1. The summed E-state index contributed by atoms with van der Waals surface area (Å²) in [6.45, 7) is 1.51. The fourth-order valence-corrected chi connectivity index (χ4v) is 2.54. The highest BCUT2D eigenvalue weighted by Crippen LogP contribution is 2.23. The van der Waals surface area contributed by atoms with Gasteiger partial charge in [-0.2, -0.15) is 4.98 Å². The number of anilines is 3. The van der Waals surface area contributed by atoms with Crippen LogP contribution in [0, 0.1) is 0 Å². The number of benzene rings is 1. The lowest BCUT2D eigenvalue weighted by atomic mass is 10.2. The highest BCUT2D eigenvalue weighted by atomic mass is 16.5. The van der Waals surface area contributed by atoms with E-state index in [4.69, 9.17) is 4.74 Å². The van der Waals surface area contributed by atoms with Crippen LogP contribution in [0.5, 0.6) is 5.75 Å². The first-order valence-corrected chi connectivity index (χ1v) is 7.41. The fraction of sp³-hybridized carbons (Fsp3) is 0.312. The van der Waals surface area contributed by atoms with E-state index in [1.807, 2.05) is 29.2 Å². The number of carbonyl (C=O) groups excluding carboxylic acids is 1. The maximum absolute atomic E-state index is 12.5. The van der Waals surface area contributed by atoms with E-state index in [2.05, 4.69) is 15.3 Å². The Morgan fingerprint density at radius 2 is 2.13 bits per heavy atom. The first-order valence-electron chi connectivity index (χ1n) is 7.41. The molecule has 1 N–H and O–H groups in total. The molecule has 1 fully saturated rings. The molecule has 0 atom stereocenters. The van der Waals surface area contributed by atoms with Crippen molar-refractivity contribution >= 4 is 23.4 Å². The quantitative estimate of drug-likeness (QED) is 0.919. The minimum atomic E-state index is 0.0166. The minimum absolute atomic E-state index is 0.0166. The average molecular weight is 313 g/mol. The van der Waals surface area contributed by atoms with E-state index in [0.717, 1.165) is 17.3 Å².